The van der Waals surface area contributed by atoms with E-state index in [4.69, 9.17) is 15.2 Å². The molecule has 3 nitrogen and oxygen atoms in total. The molecule has 2 N–H and O–H groups in total. The molecule has 0 heterocycles. The fraction of sp³-hybridized carbons (Fsp3) is 0.571. The van der Waals surface area contributed by atoms with Gasteiger partial charge in [-0.05, 0) is 60.3 Å². The van der Waals surface area contributed by atoms with Crippen LogP contribution in [0.2, 0.25) is 0 Å². The van der Waals surface area contributed by atoms with Crippen LogP contribution in [0.4, 0.5) is 0 Å². The average Bonchev–Trinajstić information content (AvgIpc) is 2.31. The molecule has 0 aliphatic heterocycles. The summed E-state index contributed by atoms with van der Waals surface area (Å²) < 4.78 is 12.2. The molecule has 1 aromatic carbocycles. The summed E-state index contributed by atoms with van der Waals surface area (Å²) in [5.41, 5.74) is 6.96. The van der Waals surface area contributed by atoms with Crippen LogP contribution in [-0.4, -0.2) is 19.3 Å². The van der Waals surface area contributed by atoms with E-state index in [0.717, 1.165) is 34.4 Å². The van der Waals surface area contributed by atoms with Crippen LogP contribution in [-0.2, 0) is 6.42 Å². The smallest absolute Gasteiger partial charge is 0.175 e. The van der Waals surface area contributed by atoms with E-state index in [2.05, 4.69) is 22.9 Å². The van der Waals surface area contributed by atoms with Crippen LogP contribution in [0.5, 0.6) is 11.5 Å². The number of halogens is 1. The van der Waals surface area contributed by atoms with Crippen molar-refractivity contribution in [2.45, 2.75) is 45.8 Å². The number of hydrogen-bond donors (Lipinski definition) is 1. The third-order valence-electron chi connectivity index (χ3n) is 2.74. The van der Waals surface area contributed by atoms with E-state index in [1.165, 1.54) is 0 Å². The van der Waals surface area contributed by atoms with Gasteiger partial charge in [0.25, 0.3) is 0 Å². The SMILES string of the molecule is CCC(C)Oc1c(Br)cc(CC(C)N)cc1OC. The van der Waals surface area contributed by atoms with Crippen LogP contribution in [0.3, 0.4) is 0 Å². The van der Waals surface area contributed by atoms with Crippen LogP contribution in [0.25, 0.3) is 0 Å². The lowest BCUT2D eigenvalue weighted by atomic mass is 10.1. The maximum Gasteiger partial charge on any atom is 0.175 e. The maximum absolute atomic E-state index is 5.87. The van der Waals surface area contributed by atoms with Crippen molar-refractivity contribution in [3.8, 4) is 11.5 Å². The van der Waals surface area contributed by atoms with Gasteiger partial charge in [-0.25, -0.2) is 0 Å². The van der Waals surface area contributed by atoms with Crippen molar-refractivity contribution in [2.24, 2.45) is 5.73 Å². The average molecular weight is 316 g/mol. The second-order valence-corrected chi connectivity index (χ2v) is 5.48. The Balaban J connectivity index is 3.03. The van der Waals surface area contributed by atoms with Crippen molar-refractivity contribution in [1.29, 1.82) is 0 Å². The summed E-state index contributed by atoms with van der Waals surface area (Å²) in [5, 5.41) is 0. The van der Waals surface area contributed by atoms with E-state index in [1.807, 2.05) is 26.0 Å². The Bertz CT molecular complexity index is 394. The molecule has 4 heteroatoms. The van der Waals surface area contributed by atoms with Crippen molar-refractivity contribution in [3.05, 3.63) is 22.2 Å². The Kier molecular flexibility index (Phi) is 5.96. The minimum atomic E-state index is 0.128. The highest BCUT2D eigenvalue weighted by Gasteiger charge is 2.14. The first-order valence-corrected chi connectivity index (χ1v) is 7.05. The van der Waals surface area contributed by atoms with E-state index in [0.29, 0.717) is 0 Å². The predicted octanol–water partition coefficient (Wildman–Crippen LogP) is 3.52. The Morgan fingerprint density at radius 3 is 2.50 bits per heavy atom. The Morgan fingerprint density at radius 1 is 1.33 bits per heavy atom. The molecule has 1 aromatic rings. The molecule has 0 aliphatic rings. The van der Waals surface area contributed by atoms with Gasteiger partial charge in [-0.2, -0.15) is 0 Å². The van der Waals surface area contributed by atoms with Gasteiger partial charge in [0, 0.05) is 6.04 Å². The molecule has 0 aliphatic carbocycles. The number of benzene rings is 1. The zero-order valence-electron chi connectivity index (χ0n) is 11.5. The quantitative estimate of drug-likeness (QED) is 0.873. The molecule has 0 radical (unpaired) electrons. The second-order valence-electron chi connectivity index (χ2n) is 4.63. The molecule has 102 valence electrons. The summed E-state index contributed by atoms with van der Waals surface area (Å²) in [6.45, 7) is 6.13. The predicted molar refractivity (Wildman–Crippen MR) is 78.4 cm³/mol. The molecule has 0 saturated heterocycles. The summed E-state index contributed by atoms with van der Waals surface area (Å²) >= 11 is 3.54. The fourth-order valence-corrected chi connectivity index (χ4v) is 2.24. The first-order chi connectivity index (χ1) is 8.47. The second kappa shape index (κ2) is 7.00. The first kappa shape index (κ1) is 15.3. The molecule has 0 aromatic heterocycles. The Hall–Kier alpha value is -0.740. The number of ether oxygens (including phenoxy) is 2. The van der Waals surface area contributed by atoms with Gasteiger partial charge in [0.2, 0.25) is 0 Å². The number of nitrogens with two attached hydrogens (primary N) is 1. The summed E-state index contributed by atoms with van der Waals surface area (Å²) in [4.78, 5) is 0. The zero-order valence-corrected chi connectivity index (χ0v) is 13.1. The van der Waals surface area contributed by atoms with E-state index >= 15 is 0 Å². The molecular formula is C14H22BrNO2. The van der Waals surface area contributed by atoms with Crippen molar-refractivity contribution in [1.82, 2.24) is 0 Å². The van der Waals surface area contributed by atoms with E-state index in [1.54, 1.807) is 7.11 Å². The first-order valence-electron chi connectivity index (χ1n) is 6.26. The van der Waals surface area contributed by atoms with Gasteiger partial charge in [-0.3, -0.25) is 0 Å². The minimum absolute atomic E-state index is 0.128. The highest BCUT2D eigenvalue weighted by molar-refractivity contribution is 9.10. The number of methoxy groups -OCH3 is 1. The summed E-state index contributed by atoms with van der Waals surface area (Å²) in [6, 6.07) is 4.16. The van der Waals surface area contributed by atoms with Crippen LogP contribution >= 0.6 is 15.9 Å². The van der Waals surface area contributed by atoms with Gasteiger partial charge in [-0.15, -0.1) is 0 Å². The van der Waals surface area contributed by atoms with Gasteiger partial charge >= 0.3 is 0 Å². The number of rotatable bonds is 6. The molecule has 0 bridgehead atoms. The molecule has 0 spiro atoms. The monoisotopic (exact) mass is 315 g/mol. The van der Waals surface area contributed by atoms with Crippen LogP contribution in [0.1, 0.15) is 32.8 Å². The number of hydrogen-bond acceptors (Lipinski definition) is 3. The highest BCUT2D eigenvalue weighted by atomic mass is 79.9. The van der Waals surface area contributed by atoms with E-state index < -0.39 is 0 Å². The van der Waals surface area contributed by atoms with Crippen molar-refractivity contribution >= 4 is 15.9 Å². The molecule has 0 amide bonds. The lowest BCUT2D eigenvalue weighted by molar-refractivity contribution is 0.206. The molecule has 0 saturated carbocycles. The molecule has 18 heavy (non-hydrogen) atoms. The normalized spacial score (nSPS) is 14.1. The fourth-order valence-electron chi connectivity index (χ4n) is 1.66. The van der Waals surface area contributed by atoms with Crippen LogP contribution in [0.15, 0.2) is 16.6 Å². The Labute approximate surface area is 118 Å². The molecule has 1 rings (SSSR count). The van der Waals surface area contributed by atoms with Crippen molar-refractivity contribution < 1.29 is 9.47 Å². The van der Waals surface area contributed by atoms with Gasteiger partial charge in [-0.1, -0.05) is 6.92 Å². The van der Waals surface area contributed by atoms with Crippen molar-refractivity contribution in [3.63, 3.8) is 0 Å². The molecule has 2 unspecified atom stereocenters. The molecule has 0 fully saturated rings. The highest BCUT2D eigenvalue weighted by Crippen LogP contribution is 2.37. The van der Waals surface area contributed by atoms with Gasteiger partial charge in [0.15, 0.2) is 11.5 Å². The summed E-state index contributed by atoms with van der Waals surface area (Å²) in [5.74, 6) is 1.51. The Morgan fingerprint density at radius 2 is 2.00 bits per heavy atom. The summed E-state index contributed by atoms with van der Waals surface area (Å²) in [6.07, 6.45) is 1.94. The molecular weight excluding hydrogens is 294 g/mol. The minimum Gasteiger partial charge on any atom is -0.493 e. The standard InChI is InChI=1S/C14H22BrNO2/c1-5-10(3)18-14-12(15)7-11(6-9(2)16)8-13(14)17-4/h7-10H,5-6,16H2,1-4H3. The van der Waals surface area contributed by atoms with Gasteiger partial charge in [0.1, 0.15) is 0 Å². The zero-order chi connectivity index (χ0) is 13.7. The third-order valence-corrected chi connectivity index (χ3v) is 3.33. The summed E-state index contributed by atoms with van der Waals surface area (Å²) in [7, 11) is 1.65. The van der Waals surface area contributed by atoms with Crippen molar-refractivity contribution in [2.75, 3.05) is 7.11 Å². The molecule has 2 atom stereocenters. The van der Waals surface area contributed by atoms with Crippen LogP contribution < -0.4 is 15.2 Å². The lowest BCUT2D eigenvalue weighted by Crippen LogP contribution is -2.18. The van der Waals surface area contributed by atoms with E-state index in [-0.39, 0.29) is 12.1 Å². The maximum atomic E-state index is 5.87. The third kappa shape index (κ3) is 4.18. The van der Waals surface area contributed by atoms with Crippen LogP contribution in [0, 0.1) is 0 Å². The van der Waals surface area contributed by atoms with Gasteiger partial charge < -0.3 is 15.2 Å². The largest absolute Gasteiger partial charge is 0.493 e. The van der Waals surface area contributed by atoms with E-state index in [9.17, 15) is 0 Å². The topological polar surface area (TPSA) is 44.5 Å². The van der Waals surface area contributed by atoms with Gasteiger partial charge in [0.05, 0.1) is 17.7 Å². The lowest BCUT2D eigenvalue weighted by Gasteiger charge is -2.18.